The van der Waals surface area contributed by atoms with E-state index in [0.29, 0.717) is 6.54 Å². The maximum absolute atomic E-state index is 13.5. The van der Waals surface area contributed by atoms with Crippen LogP contribution in [0, 0.1) is 13.8 Å². The lowest BCUT2D eigenvalue weighted by Gasteiger charge is -2.39. The van der Waals surface area contributed by atoms with E-state index in [9.17, 15) is 4.79 Å². The summed E-state index contributed by atoms with van der Waals surface area (Å²) in [6, 6.07) is 17.2. The van der Waals surface area contributed by atoms with E-state index in [1.807, 2.05) is 4.90 Å². The molecule has 1 aliphatic rings. The minimum Gasteiger partial charge on any atom is -0.329 e. The van der Waals surface area contributed by atoms with Gasteiger partial charge in [-0.1, -0.05) is 59.7 Å². The average molecular weight is 394 g/mol. The molecule has 156 valence electrons. The molecule has 0 radical (unpaired) electrons. The molecule has 1 heterocycles. The molecule has 1 aliphatic heterocycles. The fraction of sp³-hybridized carbons (Fsp3) is 0.480. The number of amides is 2. The summed E-state index contributed by atoms with van der Waals surface area (Å²) in [5, 5.41) is 3.31. The van der Waals surface area contributed by atoms with Crippen LogP contribution < -0.4 is 5.32 Å². The lowest BCUT2D eigenvalue weighted by atomic mass is 9.93. The van der Waals surface area contributed by atoms with Crippen molar-refractivity contribution in [2.45, 2.75) is 58.7 Å². The van der Waals surface area contributed by atoms with Gasteiger partial charge in [0, 0.05) is 12.6 Å². The highest BCUT2D eigenvalue weighted by atomic mass is 16.2. The fourth-order valence-electron chi connectivity index (χ4n) is 3.95. The van der Waals surface area contributed by atoms with Gasteiger partial charge in [-0.2, -0.15) is 0 Å². The van der Waals surface area contributed by atoms with Crippen LogP contribution in [0.15, 0.2) is 48.5 Å². The Hall–Kier alpha value is -2.33. The maximum atomic E-state index is 13.5. The van der Waals surface area contributed by atoms with Crippen LogP contribution in [0.1, 0.15) is 48.9 Å². The van der Waals surface area contributed by atoms with E-state index in [1.54, 1.807) is 0 Å². The van der Waals surface area contributed by atoms with Gasteiger partial charge in [-0.25, -0.2) is 4.79 Å². The molecular formula is C25H35N3O. The molecule has 1 N–H and O–H groups in total. The largest absolute Gasteiger partial charge is 0.329 e. The van der Waals surface area contributed by atoms with Gasteiger partial charge in [0.15, 0.2) is 0 Å². The van der Waals surface area contributed by atoms with Crippen molar-refractivity contribution in [3.8, 4) is 0 Å². The van der Waals surface area contributed by atoms with Gasteiger partial charge in [-0.15, -0.1) is 0 Å². The maximum Gasteiger partial charge on any atom is 0.318 e. The van der Waals surface area contributed by atoms with E-state index >= 15 is 0 Å². The Labute approximate surface area is 175 Å². The molecule has 0 unspecified atom stereocenters. The van der Waals surface area contributed by atoms with Gasteiger partial charge < -0.3 is 15.1 Å². The van der Waals surface area contributed by atoms with E-state index < -0.39 is 5.54 Å². The minimum atomic E-state index is -0.429. The topological polar surface area (TPSA) is 35.6 Å². The highest BCUT2D eigenvalue weighted by molar-refractivity contribution is 5.75. The first-order valence-corrected chi connectivity index (χ1v) is 10.6. The normalized spacial score (nSPS) is 15.9. The fourth-order valence-corrected chi connectivity index (χ4v) is 3.95. The second-order valence-electron chi connectivity index (χ2n) is 9.07. The smallest absolute Gasteiger partial charge is 0.318 e. The second kappa shape index (κ2) is 9.00. The highest BCUT2D eigenvalue weighted by Crippen LogP contribution is 2.24. The van der Waals surface area contributed by atoms with Gasteiger partial charge in [-0.3, -0.25) is 0 Å². The Morgan fingerprint density at radius 1 is 1.00 bits per heavy atom. The molecule has 3 rings (SSSR count). The molecule has 0 atom stereocenters. The molecule has 1 saturated heterocycles. The molecule has 4 heteroatoms. The van der Waals surface area contributed by atoms with Crippen LogP contribution in [-0.4, -0.2) is 42.0 Å². The van der Waals surface area contributed by atoms with Crippen molar-refractivity contribution in [2.24, 2.45) is 0 Å². The van der Waals surface area contributed by atoms with Gasteiger partial charge in [0.1, 0.15) is 0 Å². The molecule has 4 nitrogen and oxygen atoms in total. The highest BCUT2D eigenvalue weighted by Gasteiger charge is 2.31. The number of carbonyl (C=O) groups excluding carboxylic acids is 1. The number of aryl methyl sites for hydroxylation is 2. The van der Waals surface area contributed by atoms with Gasteiger partial charge in [0.2, 0.25) is 0 Å². The van der Waals surface area contributed by atoms with Crippen molar-refractivity contribution in [1.82, 2.24) is 15.1 Å². The van der Waals surface area contributed by atoms with Gasteiger partial charge >= 0.3 is 6.03 Å². The van der Waals surface area contributed by atoms with Crippen LogP contribution >= 0.6 is 0 Å². The van der Waals surface area contributed by atoms with Crippen molar-refractivity contribution < 1.29 is 4.79 Å². The first-order valence-electron chi connectivity index (χ1n) is 10.6. The van der Waals surface area contributed by atoms with Crippen LogP contribution in [0.2, 0.25) is 0 Å². The van der Waals surface area contributed by atoms with E-state index in [4.69, 9.17) is 0 Å². The molecule has 0 aromatic heterocycles. The molecule has 0 spiro atoms. The van der Waals surface area contributed by atoms with Gasteiger partial charge in [0.05, 0.1) is 5.54 Å². The lowest BCUT2D eigenvalue weighted by molar-refractivity contribution is 0.121. The van der Waals surface area contributed by atoms with E-state index in [0.717, 1.165) is 31.5 Å². The first-order chi connectivity index (χ1) is 13.7. The van der Waals surface area contributed by atoms with Gasteiger partial charge in [-0.05, 0) is 71.8 Å². The van der Waals surface area contributed by atoms with Crippen molar-refractivity contribution in [2.75, 3.05) is 20.1 Å². The molecular weight excluding hydrogens is 358 g/mol. The molecule has 2 amide bonds. The Kier molecular flexibility index (Phi) is 6.63. The molecule has 2 aromatic carbocycles. The van der Waals surface area contributed by atoms with Crippen molar-refractivity contribution in [3.05, 3.63) is 70.8 Å². The van der Waals surface area contributed by atoms with E-state index in [-0.39, 0.29) is 12.1 Å². The Balaban J connectivity index is 1.79. The minimum absolute atomic E-state index is 0.0192. The average Bonchev–Trinajstić information content (AvgIpc) is 2.68. The summed E-state index contributed by atoms with van der Waals surface area (Å²) in [6.45, 7) is 11.0. The number of nitrogens with one attached hydrogen (secondary N) is 1. The van der Waals surface area contributed by atoms with Crippen LogP contribution in [0.4, 0.5) is 4.79 Å². The summed E-state index contributed by atoms with van der Waals surface area (Å²) >= 11 is 0. The van der Waals surface area contributed by atoms with Crippen LogP contribution in [-0.2, 0) is 12.1 Å². The lowest BCUT2D eigenvalue weighted by Crippen LogP contribution is -2.53. The predicted octanol–water partition coefficient (Wildman–Crippen LogP) is 4.84. The second-order valence-corrected chi connectivity index (χ2v) is 9.07. The molecule has 0 saturated carbocycles. The number of nitrogens with zero attached hydrogens (tertiary/aromatic N) is 2. The zero-order valence-corrected chi connectivity index (χ0v) is 18.5. The molecule has 1 fully saturated rings. The first kappa shape index (κ1) is 21.4. The van der Waals surface area contributed by atoms with Crippen molar-refractivity contribution in [1.29, 1.82) is 0 Å². The number of hydrogen-bond donors (Lipinski definition) is 1. The zero-order chi connectivity index (χ0) is 21.0. The number of hydrogen-bond acceptors (Lipinski definition) is 2. The standard InChI is InChI=1S/C25H35N3O/c1-19-6-10-21(11-7-19)18-28(23-14-16-27(5)17-15-23)24(29)26-25(3,4)22-12-8-20(2)9-13-22/h6-13,23H,14-18H2,1-5H3,(H,26,29). The molecule has 0 aliphatic carbocycles. The number of piperidine rings is 1. The monoisotopic (exact) mass is 393 g/mol. The number of carbonyl (C=O) groups is 1. The third kappa shape index (κ3) is 5.60. The number of likely N-dealkylation sites (tertiary alicyclic amines) is 1. The molecule has 2 aromatic rings. The third-order valence-corrected chi connectivity index (χ3v) is 6.06. The number of urea groups is 1. The van der Waals surface area contributed by atoms with E-state index in [2.05, 4.69) is 93.5 Å². The summed E-state index contributed by atoms with van der Waals surface area (Å²) in [5.41, 5.74) is 4.34. The quantitative estimate of drug-likeness (QED) is 0.789. The summed E-state index contributed by atoms with van der Waals surface area (Å²) in [6.07, 6.45) is 2.03. The van der Waals surface area contributed by atoms with Crippen molar-refractivity contribution >= 4 is 6.03 Å². The zero-order valence-electron chi connectivity index (χ0n) is 18.5. The van der Waals surface area contributed by atoms with Crippen molar-refractivity contribution in [3.63, 3.8) is 0 Å². The number of benzene rings is 2. The SMILES string of the molecule is Cc1ccc(CN(C(=O)NC(C)(C)c2ccc(C)cc2)C2CCN(C)CC2)cc1. The van der Waals surface area contributed by atoms with Crippen LogP contribution in [0.5, 0.6) is 0 Å². The third-order valence-electron chi connectivity index (χ3n) is 6.06. The summed E-state index contributed by atoms with van der Waals surface area (Å²) < 4.78 is 0. The summed E-state index contributed by atoms with van der Waals surface area (Å²) in [4.78, 5) is 17.8. The van der Waals surface area contributed by atoms with Gasteiger partial charge in [0.25, 0.3) is 0 Å². The number of rotatable bonds is 5. The Morgan fingerprint density at radius 3 is 2.07 bits per heavy atom. The Bertz CT molecular complexity index is 803. The molecule has 29 heavy (non-hydrogen) atoms. The van der Waals surface area contributed by atoms with Crippen LogP contribution in [0.3, 0.4) is 0 Å². The summed E-state index contributed by atoms with van der Waals surface area (Å²) in [7, 11) is 2.15. The molecule has 0 bridgehead atoms. The van der Waals surface area contributed by atoms with E-state index in [1.165, 1.54) is 16.7 Å². The predicted molar refractivity (Wildman–Crippen MR) is 120 cm³/mol. The summed E-state index contributed by atoms with van der Waals surface area (Å²) in [5.74, 6) is 0. The van der Waals surface area contributed by atoms with Crippen LogP contribution in [0.25, 0.3) is 0 Å². The Morgan fingerprint density at radius 2 is 1.52 bits per heavy atom.